The van der Waals surface area contributed by atoms with Crippen LogP contribution in [0.25, 0.3) is 0 Å². The highest BCUT2D eigenvalue weighted by molar-refractivity contribution is 7.09. The highest BCUT2D eigenvalue weighted by Crippen LogP contribution is 2.41. The fourth-order valence-electron chi connectivity index (χ4n) is 7.64. The van der Waals surface area contributed by atoms with Gasteiger partial charge in [-0.1, -0.05) is 42.3 Å². The molecule has 230 valence electrons. The van der Waals surface area contributed by atoms with Gasteiger partial charge in [0.05, 0.1) is 17.0 Å². The topological polar surface area (TPSA) is 89.0 Å². The molecule has 0 spiro atoms. The van der Waals surface area contributed by atoms with E-state index in [1.807, 2.05) is 16.4 Å². The fraction of sp³-hybridized carbons (Fsp3) is 0.531. The summed E-state index contributed by atoms with van der Waals surface area (Å²) in [5, 5.41) is 17.5. The van der Waals surface area contributed by atoms with Gasteiger partial charge in [-0.15, -0.1) is 11.3 Å². The van der Waals surface area contributed by atoms with Crippen molar-refractivity contribution in [1.82, 2.24) is 25.0 Å². The maximum Gasteiger partial charge on any atom is 0.334 e. The van der Waals surface area contributed by atoms with Crippen LogP contribution in [0.5, 0.6) is 0 Å². The third-order valence-electron chi connectivity index (χ3n) is 9.68. The number of dihydropyridines is 1. The number of carboxylic acid groups (broad SMARTS) is 1. The number of aromatic nitrogens is 1. The van der Waals surface area contributed by atoms with Crippen LogP contribution < -0.4 is 5.32 Å². The number of nitrogens with zero attached hydrogens (tertiary/aromatic N) is 4. The second-order valence-electron chi connectivity index (χ2n) is 12.0. The van der Waals surface area contributed by atoms with Gasteiger partial charge in [-0.2, -0.15) is 0 Å². The van der Waals surface area contributed by atoms with Crippen LogP contribution in [-0.4, -0.2) is 87.5 Å². The van der Waals surface area contributed by atoms with E-state index in [-0.39, 0.29) is 17.9 Å². The number of nitrogens with one attached hydrogen (secondary N) is 1. The largest absolute Gasteiger partial charge is 0.478 e. The van der Waals surface area contributed by atoms with Crippen LogP contribution in [0.4, 0.5) is 0 Å². The maximum absolute atomic E-state index is 13.7. The van der Waals surface area contributed by atoms with Crippen molar-refractivity contribution in [3.63, 3.8) is 0 Å². The third-order valence-corrected chi connectivity index (χ3v) is 11.2. The van der Waals surface area contributed by atoms with Crippen LogP contribution in [0.1, 0.15) is 61.9 Å². The molecule has 3 fully saturated rings. The summed E-state index contributed by atoms with van der Waals surface area (Å²) in [7, 11) is 0. The Morgan fingerprint density at radius 2 is 1.74 bits per heavy atom. The molecule has 2 aromatic rings. The molecule has 0 saturated carbocycles. The van der Waals surface area contributed by atoms with Crippen LogP contribution in [0.3, 0.4) is 0 Å². The van der Waals surface area contributed by atoms with Gasteiger partial charge < -0.3 is 15.3 Å². The summed E-state index contributed by atoms with van der Waals surface area (Å²) >= 11 is 14.8. The van der Waals surface area contributed by atoms with Gasteiger partial charge in [0.15, 0.2) is 0 Å². The molecule has 43 heavy (non-hydrogen) atoms. The Bertz CT molecular complexity index is 1370. The van der Waals surface area contributed by atoms with Crippen molar-refractivity contribution in [2.75, 3.05) is 32.7 Å². The number of aliphatic carboxylic acids is 1. The monoisotopic (exact) mass is 643 g/mol. The molecule has 2 N–H and O–H groups in total. The van der Waals surface area contributed by atoms with Gasteiger partial charge in [0.1, 0.15) is 0 Å². The number of piperidine rings is 1. The summed E-state index contributed by atoms with van der Waals surface area (Å²) in [6.45, 7) is 6.44. The van der Waals surface area contributed by atoms with Crippen molar-refractivity contribution in [3.8, 4) is 0 Å². The second kappa shape index (κ2) is 13.3. The molecule has 3 saturated heterocycles. The van der Waals surface area contributed by atoms with Crippen LogP contribution in [0.2, 0.25) is 10.0 Å². The summed E-state index contributed by atoms with van der Waals surface area (Å²) in [5.74, 6) is -1.84. The molecular weight excluding hydrogens is 605 g/mol. The number of amides is 1. The first-order valence-electron chi connectivity index (χ1n) is 15.4. The molecule has 0 radical (unpaired) electrons. The number of benzene rings is 1. The van der Waals surface area contributed by atoms with Crippen LogP contribution in [0, 0.1) is 0 Å². The molecule has 4 aliphatic rings. The third kappa shape index (κ3) is 6.52. The number of carbonyl (C=O) groups excluding carboxylic acids is 1. The minimum atomic E-state index is -1.09. The molecule has 3 atom stereocenters. The smallest absolute Gasteiger partial charge is 0.334 e. The van der Waals surface area contributed by atoms with Crippen molar-refractivity contribution in [3.05, 3.63) is 73.4 Å². The molecule has 4 aliphatic heterocycles. The van der Waals surface area contributed by atoms with Gasteiger partial charge in [0.25, 0.3) is 0 Å². The minimum absolute atomic E-state index is 0.0200. The van der Waals surface area contributed by atoms with Gasteiger partial charge in [-0.25, -0.2) is 9.78 Å². The number of thiazole rings is 1. The summed E-state index contributed by atoms with van der Waals surface area (Å²) in [6.07, 6.45) is 10.0. The summed E-state index contributed by atoms with van der Waals surface area (Å²) < 4.78 is 0. The SMILES string of the molecule is CCN1C2CCC1CC(N1CCN(C(=O)CC3=C(C(=O)O)C(c4c(Cl)cccc4Cl)C=C(CCc4nccs4)N3)CC1)C2. The standard InChI is InChI=1S/C32H39Cl2N5O3S/c1-2-39-21-7-8-22(39)18-23(17-21)37-11-13-38(14-12-37)29(40)19-27-31(32(41)42)24(30-25(33)4-3-5-26(30)34)16-20(36-27)6-9-28-35-10-15-43-28/h3-5,10,15-16,21-24,36H,2,6-9,11-14,17-19H2,1H3,(H,41,42). The van der Waals surface area contributed by atoms with Crippen molar-refractivity contribution >= 4 is 46.4 Å². The zero-order valence-electron chi connectivity index (χ0n) is 24.5. The normalized spacial score (nSPS) is 26.4. The number of piperazine rings is 1. The number of hydrogen-bond acceptors (Lipinski definition) is 7. The first-order chi connectivity index (χ1) is 20.8. The Balaban J connectivity index is 1.18. The molecule has 0 aliphatic carbocycles. The van der Waals surface area contributed by atoms with Gasteiger partial charge >= 0.3 is 5.97 Å². The van der Waals surface area contributed by atoms with E-state index in [2.05, 4.69) is 27.0 Å². The number of halogens is 2. The predicted molar refractivity (Wildman–Crippen MR) is 171 cm³/mol. The molecule has 5 heterocycles. The lowest BCUT2D eigenvalue weighted by molar-refractivity contribution is -0.133. The minimum Gasteiger partial charge on any atom is -0.478 e. The van der Waals surface area contributed by atoms with E-state index >= 15 is 0 Å². The molecule has 3 unspecified atom stereocenters. The Kier molecular flexibility index (Phi) is 9.45. The predicted octanol–water partition coefficient (Wildman–Crippen LogP) is 5.54. The maximum atomic E-state index is 13.7. The van der Waals surface area contributed by atoms with Crippen molar-refractivity contribution in [1.29, 1.82) is 0 Å². The number of allylic oxidation sites excluding steroid dienone is 2. The van der Waals surface area contributed by atoms with Gasteiger partial charge in [0.2, 0.25) is 5.91 Å². The molecule has 1 amide bonds. The first kappa shape index (κ1) is 30.6. The Morgan fingerprint density at radius 3 is 2.35 bits per heavy atom. The Hall–Kier alpha value is -2.43. The van der Waals surface area contributed by atoms with E-state index in [4.69, 9.17) is 23.2 Å². The van der Waals surface area contributed by atoms with E-state index < -0.39 is 11.9 Å². The zero-order valence-corrected chi connectivity index (χ0v) is 26.8. The molecule has 1 aromatic carbocycles. The average Bonchev–Trinajstić information content (AvgIpc) is 3.60. The van der Waals surface area contributed by atoms with Gasteiger partial charge in [-0.3, -0.25) is 14.6 Å². The highest BCUT2D eigenvalue weighted by atomic mass is 35.5. The van der Waals surface area contributed by atoms with Crippen molar-refractivity contribution in [2.45, 2.75) is 75.9 Å². The van der Waals surface area contributed by atoms with Crippen LogP contribution >= 0.6 is 34.5 Å². The molecular formula is C32H39Cl2N5O3S. The van der Waals surface area contributed by atoms with Crippen LogP contribution in [-0.2, 0) is 16.0 Å². The van der Waals surface area contributed by atoms with Crippen LogP contribution in [0.15, 0.2) is 52.8 Å². The lowest BCUT2D eigenvalue weighted by Crippen LogP contribution is -2.56. The Labute approximate surface area is 267 Å². The summed E-state index contributed by atoms with van der Waals surface area (Å²) in [5.41, 5.74) is 1.89. The lowest BCUT2D eigenvalue weighted by atomic mass is 9.85. The average molecular weight is 645 g/mol. The van der Waals surface area contributed by atoms with E-state index in [0.29, 0.717) is 65.4 Å². The first-order valence-corrected chi connectivity index (χ1v) is 17.0. The molecule has 6 rings (SSSR count). The molecule has 2 bridgehead atoms. The summed E-state index contributed by atoms with van der Waals surface area (Å²) in [4.78, 5) is 38.0. The zero-order chi connectivity index (χ0) is 30.1. The fourth-order valence-corrected chi connectivity index (χ4v) is 8.89. The Morgan fingerprint density at radius 1 is 1.05 bits per heavy atom. The van der Waals surface area contributed by atoms with E-state index in [9.17, 15) is 14.7 Å². The second-order valence-corrected chi connectivity index (χ2v) is 13.8. The molecule has 1 aromatic heterocycles. The number of fused-ring (bicyclic) bond motifs is 2. The lowest BCUT2D eigenvalue weighted by Gasteiger charge is -2.45. The van der Waals surface area contributed by atoms with Crippen molar-refractivity contribution < 1.29 is 14.7 Å². The summed E-state index contributed by atoms with van der Waals surface area (Å²) in [6, 6.07) is 7.17. The number of hydrogen-bond donors (Lipinski definition) is 2. The van der Waals surface area contributed by atoms with Gasteiger partial charge in [0, 0.05) is 95.2 Å². The number of carboxylic acids is 1. The number of rotatable bonds is 9. The number of aryl methyl sites for hydroxylation is 1. The van der Waals surface area contributed by atoms with E-state index in [1.165, 1.54) is 25.7 Å². The molecule has 8 nitrogen and oxygen atoms in total. The van der Waals surface area contributed by atoms with E-state index in [1.54, 1.807) is 35.7 Å². The number of carbonyl (C=O) groups is 2. The van der Waals surface area contributed by atoms with Crippen molar-refractivity contribution in [2.24, 2.45) is 0 Å². The molecule has 11 heteroatoms. The quantitative estimate of drug-likeness (QED) is 0.371. The highest BCUT2D eigenvalue weighted by Gasteiger charge is 2.42. The van der Waals surface area contributed by atoms with Gasteiger partial charge in [-0.05, 0) is 50.8 Å². The van der Waals surface area contributed by atoms with E-state index in [0.717, 1.165) is 30.3 Å².